The lowest BCUT2D eigenvalue weighted by Gasteiger charge is -2.23. The zero-order valence-electron chi connectivity index (χ0n) is 16.9. The van der Waals surface area contributed by atoms with Crippen molar-refractivity contribution >= 4 is 45.6 Å². The second-order valence-electron chi connectivity index (χ2n) is 7.12. The number of rotatable bonds is 6. The smallest absolute Gasteiger partial charge is 0.238 e. The predicted octanol–water partition coefficient (Wildman–Crippen LogP) is 3.30. The number of benzene rings is 2. The first-order valence-corrected chi connectivity index (χ1v) is 11.3. The number of hydrogen-bond donors (Lipinski definition) is 2. The van der Waals surface area contributed by atoms with Crippen LogP contribution < -0.4 is 15.4 Å². The van der Waals surface area contributed by atoms with Gasteiger partial charge in [0.2, 0.25) is 10.0 Å². The summed E-state index contributed by atoms with van der Waals surface area (Å²) >= 11 is 0. The Morgan fingerprint density at radius 1 is 1.10 bits per heavy atom. The molecule has 0 radical (unpaired) electrons. The van der Waals surface area contributed by atoms with E-state index in [1.54, 1.807) is 18.4 Å². The van der Waals surface area contributed by atoms with Gasteiger partial charge < -0.3 is 14.6 Å². The number of furan rings is 1. The van der Waals surface area contributed by atoms with Crippen LogP contribution in [0.1, 0.15) is 16.9 Å². The minimum Gasteiger partial charge on any atom is -0.469 e. The summed E-state index contributed by atoms with van der Waals surface area (Å²) in [6, 6.07) is 18.7. The number of guanidine groups is 1. The molecule has 31 heavy (non-hydrogen) atoms. The highest BCUT2D eigenvalue weighted by Crippen LogP contribution is 2.27. The van der Waals surface area contributed by atoms with Crippen LogP contribution in [0.15, 0.2) is 81.2 Å². The second kappa shape index (κ2) is 10.3. The van der Waals surface area contributed by atoms with Crippen molar-refractivity contribution in [2.24, 2.45) is 10.1 Å². The van der Waals surface area contributed by atoms with Crippen LogP contribution in [0, 0.1) is 0 Å². The molecule has 1 aliphatic heterocycles. The fourth-order valence-corrected chi connectivity index (χ4v) is 4.01. The first-order chi connectivity index (χ1) is 14.5. The minimum atomic E-state index is -3.70. The second-order valence-corrected chi connectivity index (χ2v) is 8.68. The van der Waals surface area contributed by atoms with Crippen molar-refractivity contribution in [2.45, 2.75) is 24.3 Å². The molecule has 0 saturated heterocycles. The molecule has 1 aromatic heterocycles. The quantitative estimate of drug-likeness (QED) is 0.278. The third-order valence-electron chi connectivity index (χ3n) is 5.04. The molecule has 0 spiro atoms. The molecule has 7 nitrogen and oxygen atoms in total. The van der Waals surface area contributed by atoms with Crippen LogP contribution in [0.3, 0.4) is 0 Å². The van der Waals surface area contributed by atoms with Crippen molar-refractivity contribution in [1.29, 1.82) is 0 Å². The minimum absolute atomic E-state index is 0. The number of hydrogen-bond acceptors (Lipinski definition) is 4. The van der Waals surface area contributed by atoms with Crippen LogP contribution in [-0.2, 0) is 29.4 Å². The van der Waals surface area contributed by atoms with E-state index in [1.807, 2.05) is 18.2 Å². The Kier molecular flexibility index (Phi) is 7.74. The molecule has 2 heterocycles. The van der Waals surface area contributed by atoms with E-state index in [9.17, 15) is 8.42 Å². The summed E-state index contributed by atoms with van der Waals surface area (Å²) in [5, 5.41) is 8.62. The first kappa shape index (κ1) is 23.3. The summed E-state index contributed by atoms with van der Waals surface area (Å²) in [6.07, 6.45) is 3.40. The first-order valence-electron chi connectivity index (χ1n) is 9.78. The van der Waals surface area contributed by atoms with Gasteiger partial charge in [-0.05, 0) is 47.9 Å². The maximum Gasteiger partial charge on any atom is 0.238 e. The zero-order chi connectivity index (χ0) is 21.0. The normalized spacial score (nSPS) is 13.6. The Morgan fingerprint density at radius 2 is 1.87 bits per heavy atom. The Morgan fingerprint density at radius 3 is 2.58 bits per heavy atom. The Labute approximate surface area is 199 Å². The molecule has 4 rings (SSSR count). The Balaban J connectivity index is 0.00000272. The number of para-hydroxylation sites is 1. The van der Waals surface area contributed by atoms with E-state index in [1.165, 1.54) is 17.7 Å². The molecule has 2 aromatic carbocycles. The number of halogens is 1. The van der Waals surface area contributed by atoms with Crippen LogP contribution >= 0.6 is 24.0 Å². The number of nitrogens with two attached hydrogens (primary N) is 1. The summed E-state index contributed by atoms with van der Waals surface area (Å²) in [5.41, 5.74) is 3.36. The molecule has 0 saturated carbocycles. The highest BCUT2D eigenvalue weighted by molar-refractivity contribution is 14.0. The van der Waals surface area contributed by atoms with Gasteiger partial charge in [-0.3, -0.25) is 0 Å². The summed E-state index contributed by atoms with van der Waals surface area (Å²) < 4.78 is 28.3. The van der Waals surface area contributed by atoms with Crippen molar-refractivity contribution in [1.82, 2.24) is 5.32 Å². The van der Waals surface area contributed by atoms with Crippen molar-refractivity contribution in [2.75, 3.05) is 18.0 Å². The molecule has 0 fully saturated rings. The maximum atomic E-state index is 11.4. The van der Waals surface area contributed by atoms with Crippen LogP contribution in [-0.4, -0.2) is 27.5 Å². The van der Waals surface area contributed by atoms with Gasteiger partial charge in [-0.25, -0.2) is 18.5 Å². The van der Waals surface area contributed by atoms with E-state index >= 15 is 0 Å². The van der Waals surface area contributed by atoms with Gasteiger partial charge in [0.05, 0.1) is 17.7 Å². The fourth-order valence-electron chi connectivity index (χ4n) is 3.50. The van der Waals surface area contributed by atoms with E-state index in [4.69, 9.17) is 14.5 Å². The number of primary sulfonamides is 1. The Bertz CT molecular complexity index is 1130. The molecule has 0 atom stereocenters. The van der Waals surface area contributed by atoms with E-state index in [0.29, 0.717) is 13.1 Å². The number of fused-ring (bicyclic) bond motifs is 1. The SMILES string of the molecule is I.NS(=O)(=O)c1ccc(CN=C(NCCc2ccco2)N2CCc3ccccc32)cc1. The molecular formula is C22H25IN4O3S. The standard InChI is InChI=1S/C22H24N4O3S.HI/c23-30(27,28)20-9-7-17(8-10-20)16-25-22(24-13-11-19-5-3-15-29-19)26-14-12-18-4-1-2-6-21(18)26;/h1-10,15H,11-14,16H2,(H,24,25)(H2,23,27,28);1H. The number of anilines is 1. The zero-order valence-corrected chi connectivity index (χ0v) is 20.0. The van der Waals surface area contributed by atoms with Gasteiger partial charge in [-0.15, -0.1) is 24.0 Å². The molecule has 1 aliphatic rings. The van der Waals surface area contributed by atoms with Gasteiger partial charge in [0.25, 0.3) is 0 Å². The molecule has 164 valence electrons. The third-order valence-corrected chi connectivity index (χ3v) is 5.97. The van der Waals surface area contributed by atoms with Crippen LogP contribution in [0.25, 0.3) is 0 Å². The lowest BCUT2D eigenvalue weighted by molar-refractivity contribution is 0.507. The van der Waals surface area contributed by atoms with Gasteiger partial charge >= 0.3 is 0 Å². The van der Waals surface area contributed by atoms with Gasteiger partial charge in [-0.2, -0.15) is 0 Å². The van der Waals surface area contributed by atoms with Gasteiger partial charge in [0.1, 0.15) is 5.76 Å². The third kappa shape index (κ3) is 5.86. The summed E-state index contributed by atoms with van der Waals surface area (Å²) in [5.74, 6) is 1.71. The predicted molar refractivity (Wildman–Crippen MR) is 132 cm³/mol. The lowest BCUT2D eigenvalue weighted by atomic mass is 10.2. The maximum absolute atomic E-state index is 11.4. The van der Waals surface area contributed by atoms with Crippen LogP contribution in [0.4, 0.5) is 5.69 Å². The molecule has 0 bridgehead atoms. The fraction of sp³-hybridized carbons (Fsp3) is 0.227. The van der Waals surface area contributed by atoms with Crippen molar-refractivity contribution in [3.8, 4) is 0 Å². The number of nitrogens with zero attached hydrogens (tertiary/aromatic N) is 2. The monoisotopic (exact) mass is 552 g/mol. The summed E-state index contributed by atoms with van der Waals surface area (Å²) in [4.78, 5) is 7.09. The molecule has 3 N–H and O–H groups in total. The van der Waals surface area contributed by atoms with E-state index in [0.717, 1.165) is 42.4 Å². The van der Waals surface area contributed by atoms with Gasteiger partial charge in [-0.1, -0.05) is 30.3 Å². The topological polar surface area (TPSA) is 101 Å². The Hall–Kier alpha value is -2.37. The molecule has 9 heteroatoms. The summed E-state index contributed by atoms with van der Waals surface area (Å²) in [7, 11) is -3.70. The molecule has 0 amide bonds. The largest absolute Gasteiger partial charge is 0.469 e. The van der Waals surface area contributed by atoms with Crippen LogP contribution in [0.2, 0.25) is 0 Å². The highest BCUT2D eigenvalue weighted by atomic mass is 127. The molecule has 3 aromatic rings. The average Bonchev–Trinajstić information content (AvgIpc) is 3.40. The molecular weight excluding hydrogens is 527 g/mol. The van der Waals surface area contributed by atoms with E-state index in [-0.39, 0.29) is 28.9 Å². The number of sulfonamides is 1. The number of nitrogens with one attached hydrogen (secondary N) is 1. The molecule has 0 unspecified atom stereocenters. The average molecular weight is 552 g/mol. The molecule has 0 aliphatic carbocycles. The van der Waals surface area contributed by atoms with Gasteiger partial charge in [0, 0.05) is 25.2 Å². The van der Waals surface area contributed by atoms with Crippen molar-refractivity contribution in [3.05, 3.63) is 83.8 Å². The summed E-state index contributed by atoms with van der Waals surface area (Å²) in [6.45, 7) is 1.97. The van der Waals surface area contributed by atoms with E-state index in [2.05, 4.69) is 28.4 Å². The van der Waals surface area contributed by atoms with Crippen molar-refractivity contribution < 1.29 is 12.8 Å². The van der Waals surface area contributed by atoms with Crippen LogP contribution in [0.5, 0.6) is 0 Å². The number of aliphatic imine (C=N–C) groups is 1. The lowest BCUT2D eigenvalue weighted by Crippen LogP contribution is -2.41. The van der Waals surface area contributed by atoms with E-state index < -0.39 is 10.0 Å². The van der Waals surface area contributed by atoms with Gasteiger partial charge in [0.15, 0.2) is 5.96 Å². The highest BCUT2D eigenvalue weighted by Gasteiger charge is 2.22. The van der Waals surface area contributed by atoms with Crippen molar-refractivity contribution in [3.63, 3.8) is 0 Å².